The van der Waals surface area contributed by atoms with Crippen LogP contribution in [0.1, 0.15) is 25.3 Å². The molecule has 0 saturated heterocycles. The molecule has 4 nitrogen and oxygen atoms in total. The molecule has 3 N–H and O–H groups in total. The summed E-state index contributed by atoms with van der Waals surface area (Å²) in [4.78, 5) is 4.44. The minimum atomic E-state index is 0.509. The van der Waals surface area contributed by atoms with E-state index in [4.69, 9.17) is 17.4 Å². The third-order valence-corrected chi connectivity index (χ3v) is 3.46. The normalized spacial score (nSPS) is 16.4. The number of hydrazine groups is 1. The van der Waals surface area contributed by atoms with Crippen LogP contribution in [-0.2, 0) is 0 Å². The SMILES string of the molecule is NNc1nc2ccc(Cl)cc2n1C1CCC1. The van der Waals surface area contributed by atoms with Crippen molar-refractivity contribution in [3.8, 4) is 0 Å². The lowest BCUT2D eigenvalue weighted by Gasteiger charge is -2.28. The van der Waals surface area contributed by atoms with Crippen molar-refractivity contribution in [2.45, 2.75) is 25.3 Å². The van der Waals surface area contributed by atoms with E-state index >= 15 is 0 Å². The zero-order valence-electron chi connectivity index (χ0n) is 8.78. The number of nitrogens with zero attached hydrogens (tertiary/aromatic N) is 2. The van der Waals surface area contributed by atoms with E-state index in [0.29, 0.717) is 6.04 Å². The van der Waals surface area contributed by atoms with Crippen molar-refractivity contribution in [3.63, 3.8) is 0 Å². The molecule has 0 atom stereocenters. The van der Waals surface area contributed by atoms with E-state index in [1.165, 1.54) is 19.3 Å². The molecule has 1 aliphatic rings. The molecule has 1 aromatic carbocycles. The van der Waals surface area contributed by atoms with Gasteiger partial charge in [0.15, 0.2) is 0 Å². The van der Waals surface area contributed by atoms with E-state index in [0.717, 1.165) is 22.0 Å². The molecule has 1 aromatic heterocycles. The third-order valence-electron chi connectivity index (χ3n) is 3.22. The maximum atomic E-state index is 6.02. The van der Waals surface area contributed by atoms with Crippen LogP contribution >= 0.6 is 11.6 Å². The van der Waals surface area contributed by atoms with Crippen LogP contribution in [0.4, 0.5) is 5.95 Å². The summed E-state index contributed by atoms with van der Waals surface area (Å²) in [5.74, 6) is 6.23. The fourth-order valence-corrected chi connectivity index (χ4v) is 2.35. The molecule has 16 heavy (non-hydrogen) atoms. The highest BCUT2D eigenvalue weighted by Gasteiger charge is 2.24. The Balaban J connectivity index is 2.23. The third kappa shape index (κ3) is 1.37. The van der Waals surface area contributed by atoms with Gasteiger partial charge in [-0.15, -0.1) is 0 Å². The first-order chi connectivity index (χ1) is 7.79. The van der Waals surface area contributed by atoms with E-state index in [2.05, 4.69) is 15.0 Å². The summed E-state index contributed by atoms with van der Waals surface area (Å²) in [5.41, 5.74) is 4.66. The molecule has 1 aliphatic carbocycles. The Bertz CT molecular complexity index is 530. The van der Waals surface area contributed by atoms with Gasteiger partial charge in [-0.25, -0.2) is 10.8 Å². The van der Waals surface area contributed by atoms with E-state index in [9.17, 15) is 0 Å². The Hall–Kier alpha value is -1.26. The highest BCUT2D eigenvalue weighted by Crippen LogP contribution is 2.37. The Morgan fingerprint density at radius 3 is 2.88 bits per heavy atom. The molecular formula is C11H13ClN4. The van der Waals surface area contributed by atoms with Crippen LogP contribution in [0.2, 0.25) is 5.02 Å². The highest BCUT2D eigenvalue weighted by molar-refractivity contribution is 6.31. The number of hydrogen-bond donors (Lipinski definition) is 2. The number of nitrogens with two attached hydrogens (primary N) is 1. The smallest absolute Gasteiger partial charge is 0.218 e. The zero-order chi connectivity index (χ0) is 11.1. The number of benzene rings is 1. The number of nitrogen functional groups attached to an aromatic ring is 1. The predicted molar refractivity (Wildman–Crippen MR) is 65.4 cm³/mol. The number of aromatic nitrogens is 2. The first-order valence-corrected chi connectivity index (χ1v) is 5.81. The molecule has 1 fully saturated rings. The van der Waals surface area contributed by atoms with E-state index in [1.807, 2.05) is 18.2 Å². The molecule has 1 saturated carbocycles. The van der Waals surface area contributed by atoms with Gasteiger partial charge in [-0.05, 0) is 37.5 Å². The number of nitrogens with one attached hydrogen (secondary N) is 1. The van der Waals surface area contributed by atoms with Gasteiger partial charge in [0.1, 0.15) is 0 Å². The fraction of sp³-hybridized carbons (Fsp3) is 0.364. The van der Waals surface area contributed by atoms with E-state index in [-0.39, 0.29) is 0 Å². The average Bonchev–Trinajstić information content (AvgIpc) is 2.55. The monoisotopic (exact) mass is 236 g/mol. The molecule has 2 aromatic rings. The number of rotatable bonds is 2. The minimum Gasteiger partial charge on any atom is -0.306 e. The zero-order valence-corrected chi connectivity index (χ0v) is 9.54. The lowest BCUT2D eigenvalue weighted by atomic mass is 9.93. The van der Waals surface area contributed by atoms with Gasteiger partial charge in [0.25, 0.3) is 0 Å². The average molecular weight is 237 g/mol. The molecule has 1 heterocycles. The van der Waals surface area contributed by atoms with Gasteiger partial charge in [0, 0.05) is 11.1 Å². The standard InChI is InChI=1S/C11H13ClN4/c12-7-4-5-9-10(6-7)16(8-2-1-3-8)11(14-9)15-13/h4-6,8H,1-3,13H2,(H,14,15). The lowest BCUT2D eigenvalue weighted by molar-refractivity contribution is 0.323. The Morgan fingerprint density at radius 1 is 1.44 bits per heavy atom. The number of fused-ring (bicyclic) bond motifs is 1. The van der Waals surface area contributed by atoms with Crippen molar-refractivity contribution < 1.29 is 0 Å². The van der Waals surface area contributed by atoms with Gasteiger partial charge in [0.05, 0.1) is 11.0 Å². The quantitative estimate of drug-likeness (QED) is 0.623. The predicted octanol–water partition coefficient (Wildman–Crippen LogP) is 2.70. The topological polar surface area (TPSA) is 55.9 Å². The second-order valence-corrected chi connectivity index (χ2v) is 4.60. The minimum absolute atomic E-state index is 0.509. The second kappa shape index (κ2) is 3.64. The Kier molecular flexibility index (Phi) is 2.26. The largest absolute Gasteiger partial charge is 0.306 e. The van der Waals surface area contributed by atoms with Crippen molar-refractivity contribution in [2.75, 3.05) is 5.43 Å². The summed E-state index contributed by atoms with van der Waals surface area (Å²) in [6.07, 6.45) is 3.65. The van der Waals surface area contributed by atoms with Crippen LogP contribution in [0.3, 0.4) is 0 Å². The van der Waals surface area contributed by atoms with Crippen molar-refractivity contribution in [1.82, 2.24) is 9.55 Å². The first kappa shape index (κ1) is 9.93. The van der Waals surface area contributed by atoms with Crippen LogP contribution in [0.15, 0.2) is 18.2 Å². The van der Waals surface area contributed by atoms with Gasteiger partial charge < -0.3 is 4.57 Å². The Morgan fingerprint density at radius 2 is 2.25 bits per heavy atom. The van der Waals surface area contributed by atoms with E-state index in [1.54, 1.807) is 0 Å². The molecule has 0 bridgehead atoms. The van der Waals surface area contributed by atoms with E-state index < -0.39 is 0 Å². The summed E-state index contributed by atoms with van der Waals surface area (Å²) >= 11 is 6.02. The molecule has 3 rings (SSSR count). The van der Waals surface area contributed by atoms with Crippen molar-refractivity contribution >= 4 is 28.6 Å². The van der Waals surface area contributed by atoms with Crippen molar-refractivity contribution in [2.24, 2.45) is 5.84 Å². The summed E-state index contributed by atoms with van der Waals surface area (Å²) in [6.45, 7) is 0. The van der Waals surface area contributed by atoms with Crippen LogP contribution in [-0.4, -0.2) is 9.55 Å². The first-order valence-electron chi connectivity index (χ1n) is 5.43. The maximum absolute atomic E-state index is 6.02. The number of imidazole rings is 1. The van der Waals surface area contributed by atoms with Crippen molar-refractivity contribution in [3.05, 3.63) is 23.2 Å². The van der Waals surface area contributed by atoms with Crippen LogP contribution in [0.5, 0.6) is 0 Å². The highest BCUT2D eigenvalue weighted by atomic mass is 35.5. The lowest BCUT2D eigenvalue weighted by Crippen LogP contribution is -2.21. The summed E-state index contributed by atoms with van der Waals surface area (Å²) in [5, 5.41) is 0.733. The second-order valence-electron chi connectivity index (χ2n) is 4.17. The molecule has 84 valence electrons. The van der Waals surface area contributed by atoms with Gasteiger partial charge in [-0.1, -0.05) is 11.6 Å². The van der Waals surface area contributed by atoms with Crippen LogP contribution in [0, 0.1) is 0 Å². The summed E-state index contributed by atoms with van der Waals surface area (Å²) in [6, 6.07) is 6.23. The number of hydrogen-bond acceptors (Lipinski definition) is 3. The molecule has 0 aliphatic heterocycles. The fourth-order valence-electron chi connectivity index (χ4n) is 2.18. The number of halogens is 1. The van der Waals surface area contributed by atoms with Crippen LogP contribution in [0.25, 0.3) is 11.0 Å². The maximum Gasteiger partial charge on any atom is 0.218 e. The molecule has 0 amide bonds. The Labute approximate surface area is 98.4 Å². The molecule has 0 unspecified atom stereocenters. The van der Waals surface area contributed by atoms with Crippen LogP contribution < -0.4 is 11.3 Å². The van der Waals surface area contributed by atoms with Gasteiger partial charge in [0.2, 0.25) is 5.95 Å². The summed E-state index contributed by atoms with van der Waals surface area (Å²) < 4.78 is 2.16. The van der Waals surface area contributed by atoms with Gasteiger partial charge >= 0.3 is 0 Å². The molecule has 5 heteroatoms. The number of anilines is 1. The molecule has 0 radical (unpaired) electrons. The van der Waals surface area contributed by atoms with Gasteiger partial charge in [-0.3, -0.25) is 5.43 Å². The van der Waals surface area contributed by atoms with Gasteiger partial charge in [-0.2, -0.15) is 0 Å². The molecule has 0 spiro atoms. The molecular weight excluding hydrogens is 224 g/mol. The summed E-state index contributed by atoms with van der Waals surface area (Å²) in [7, 11) is 0. The van der Waals surface area contributed by atoms with Crippen molar-refractivity contribution in [1.29, 1.82) is 0 Å².